The maximum absolute atomic E-state index is 6.02. The Balaban J connectivity index is 2.01. The summed E-state index contributed by atoms with van der Waals surface area (Å²) >= 11 is 4.29. The van der Waals surface area contributed by atoms with E-state index < -0.39 is 0 Å². The highest BCUT2D eigenvalue weighted by molar-refractivity contribution is 14.1. The van der Waals surface area contributed by atoms with Crippen LogP contribution in [0.5, 0.6) is 0 Å². The third kappa shape index (κ3) is 3.22. The van der Waals surface area contributed by atoms with Gasteiger partial charge in [0.05, 0.1) is 11.4 Å². The van der Waals surface area contributed by atoms with Crippen molar-refractivity contribution < 1.29 is 0 Å². The van der Waals surface area contributed by atoms with Crippen LogP contribution >= 0.6 is 34.4 Å². The van der Waals surface area contributed by atoms with E-state index in [1.165, 1.54) is 29.3 Å². The maximum atomic E-state index is 6.02. The predicted octanol–water partition coefficient (Wildman–Crippen LogP) is 3.96. The van der Waals surface area contributed by atoms with Crippen LogP contribution in [0.1, 0.15) is 25.7 Å². The summed E-state index contributed by atoms with van der Waals surface area (Å²) in [6, 6.07) is 6.20. The Labute approximate surface area is 121 Å². The summed E-state index contributed by atoms with van der Waals surface area (Å²) in [4.78, 5) is 0. The van der Waals surface area contributed by atoms with E-state index in [1.807, 2.05) is 17.8 Å². The lowest BCUT2D eigenvalue weighted by Crippen LogP contribution is -2.30. The second-order valence-corrected chi connectivity index (χ2v) is 7.20. The van der Waals surface area contributed by atoms with Gasteiger partial charge in [-0.1, -0.05) is 12.8 Å². The highest BCUT2D eigenvalue weighted by Crippen LogP contribution is 2.40. The number of benzene rings is 1. The fraction of sp³-hybridized carbons (Fsp3) is 0.538. The molecule has 2 nitrogen and oxygen atoms in total. The van der Waals surface area contributed by atoms with Crippen molar-refractivity contribution in [2.24, 2.45) is 0 Å². The molecule has 94 valence electrons. The quantitative estimate of drug-likeness (QED) is 0.629. The van der Waals surface area contributed by atoms with Gasteiger partial charge in [0.2, 0.25) is 0 Å². The van der Waals surface area contributed by atoms with E-state index in [-0.39, 0.29) is 0 Å². The van der Waals surface area contributed by atoms with Gasteiger partial charge in [0, 0.05) is 14.9 Å². The molecular formula is C13H19IN2S. The lowest BCUT2D eigenvalue weighted by Gasteiger charge is -2.27. The second-order valence-electron chi connectivity index (χ2n) is 4.68. The number of nitrogens with one attached hydrogen (secondary N) is 1. The number of hydrogen-bond acceptors (Lipinski definition) is 3. The summed E-state index contributed by atoms with van der Waals surface area (Å²) in [5.74, 6) is 0. The maximum Gasteiger partial charge on any atom is 0.0575 e. The molecule has 0 unspecified atom stereocenters. The minimum Gasteiger partial charge on any atom is -0.397 e. The smallest absolute Gasteiger partial charge is 0.0575 e. The average molecular weight is 362 g/mol. The molecule has 0 radical (unpaired) electrons. The lowest BCUT2D eigenvalue weighted by molar-refractivity contribution is 0.640. The molecule has 1 aliphatic rings. The van der Waals surface area contributed by atoms with Gasteiger partial charge in [0.1, 0.15) is 0 Å². The van der Waals surface area contributed by atoms with Crippen LogP contribution in [-0.4, -0.2) is 17.5 Å². The Kier molecular flexibility index (Phi) is 4.47. The monoisotopic (exact) mass is 362 g/mol. The third-order valence-corrected chi connectivity index (χ3v) is 5.65. The lowest BCUT2D eigenvalue weighted by atomic mass is 10.1. The van der Waals surface area contributed by atoms with Crippen molar-refractivity contribution in [1.82, 2.24) is 0 Å². The van der Waals surface area contributed by atoms with E-state index in [1.54, 1.807) is 0 Å². The van der Waals surface area contributed by atoms with Gasteiger partial charge in [-0.25, -0.2) is 0 Å². The van der Waals surface area contributed by atoms with E-state index in [9.17, 15) is 0 Å². The van der Waals surface area contributed by atoms with Crippen LogP contribution in [0.2, 0.25) is 0 Å². The van der Waals surface area contributed by atoms with Gasteiger partial charge in [-0.05, 0) is 59.9 Å². The molecule has 0 amide bonds. The van der Waals surface area contributed by atoms with E-state index in [0.717, 1.165) is 17.9 Å². The van der Waals surface area contributed by atoms with Crippen molar-refractivity contribution in [2.45, 2.75) is 30.4 Å². The fourth-order valence-corrected chi connectivity index (χ4v) is 3.85. The first-order valence-electron chi connectivity index (χ1n) is 5.99. The number of thioether (sulfide) groups is 1. The molecule has 2 rings (SSSR count). The van der Waals surface area contributed by atoms with Crippen LogP contribution in [0.25, 0.3) is 0 Å². The number of nitrogen functional groups attached to an aromatic ring is 1. The zero-order chi connectivity index (χ0) is 12.3. The first kappa shape index (κ1) is 13.3. The van der Waals surface area contributed by atoms with Crippen molar-refractivity contribution in [3.05, 3.63) is 21.8 Å². The van der Waals surface area contributed by atoms with Crippen molar-refractivity contribution in [2.75, 3.05) is 23.9 Å². The zero-order valence-corrected chi connectivity index (χ0v) is 13.1. The van der Waals surface area contributed by atoms with Gasteiger partial charge in [-0.15, -0.1) is 0 Å². The topological polar surface area (TPSA) is 38.0 Å². The number of anilines is 2. The van der Waals surface area contributed by atoms with E-state index in [2.05, 4.69) is 46.3 Å². The molecule has 0 saturated heterocycles. The van der Waals surface area contributed by atoms with E-state index in [4.69, 9.17) is 5.73 Å². The number of rotatable bonds is 4. The minimum atomic E-state index is 0.426. The zero-order valence-electron chi connectivity index (χ0n) is 10.1. The van der Waals surface area contributed by atoms with Crippen LogP contribution < -0.4 is 11.1 Å². The minimum absolute atomic E-state index is 0.426. The number of halogens is 1. The van der Waals surface area contributed by atoms with Gasteiger partial charge >= 0.3 is 0 Å². The third-order valence-electron chi connectivity index (χ3n) is 3.56. The number of hydrogen-bond donors (Lipinski definition) is 2. The van der Waals surface area contributed by atoms with Gasteiger partial charge in [-0.2, -0.15) is 11.8 Å². The molecule has 1 aromatic carbocycles. The Bertz CT molecular complexity index is 389. The Morgan fingerprint density at radius 3 is 2.71 bits per heavy atom. The van der Waals surface area contributed by atoms with E-state index in [0.29, 0.717) is 4.75 Å². The highest BCUT2D eigenvalue weighted by atomic mass is 127. The predicted molar refractivity (Wildman–Crippen MR) is 86.8 cm³/mol. The molecule has 1 aliphatic carbocycles. The van der Waals surface area contributed by atoms with Gasteiger partial charge < -0.3 is 11.1 Å². The molecule has 0 spiro atoms. The fourth-order valence-electron chi connectivity index (χ4n) is 2.42. The second kappa shape index (κ2) is 5.69. The Hall–Kier alpha value is -0.100. The van der Waals surface area contributed by atoms with Crippen molar-refractivity contribution in [3.8, 4) is 0 Å². The summed E-state index contributed by atoms with van der Waals surface area (Å²) < 4.78 is 1.61. The molecular weight excluding hydrogens is 343 g/mol. The molecule has 1 saturated carbocycles. The van der Waals surface area contributed by atoms with Gasteiger partial charge in [0.25, 0.3) is 0 Å². The van der Waals surface area contributed by atoms with Crippen LogP contribution in [0.4, 0.5) is 11.4 Å². The molecule has 0 heterocycles. The van der Waals surface area contributed by atoms with Crippen molar-refractivity contribution in [1.29, 1.82) is 0 Å². The molecule has 0 bridgehead atoms. The largest absolute Gasteiger partial charge is 0.397 e. The van der Waals surface area contributed by atoms with E-state index >= 15 is 0 Å². The standard InChI is InChI=1S/C13H19IN2S/c1-17-13(6-2-3-7-13)9-16-12-5-4-10(14)8-11(12)15/h4-5,8,16H,2-3,6-7,9,15H2,1H3. The first-order valence-corrected chi connectivity index (χ1v) is 8.30. The summed E-state index contributed by atoms with van der Waals surface area (Å²) in [7, 11) is 0. The van der Waals surface area contributed by atoms with Crippen LogP contribution in [0.15, 0.2) is 18.2 Å². The molecule has 3 N–H and O–H groups in total. The molecule has 0 atom stereocenters. The molecule has 1 aromatic rings. The molecule has 17 heavy (non-hydrogen) atoms. The van der Waals surface area contributed by atoms with Crippen LogP contribution in [0.3, 0.4) is 0 Å². The Morgan fingerprint density at radius 2 is 2.12 bits per heavy atom. The first-order chi connectivity index (χ1) is 8.15. The summed E-state index contributed by atoms with van der Waals surface area (Å²) in [5, 5.41) is 3.52. The van der Waals surface area contributed by atoms with Gasteiger partial charge in [-0.3, -0.25) is 0 Å². The van der Waals surface area contributed by atoms with Crippen LogP contribution in [-0.2, 0) is 0 Å². The van der Waals surface area contributed by atoms with Crippen molar-refractivity contribution in [3.63, 3.8) is 0 Å². The van der Waals surface area contributed by atoms with Crippen LogP contribution in [0, 0.1) is 3.57 Å². The van der Waals surface area contributed by atoms with Crippen molar-refractivity contribution >= 4 is 45.7 Å². The normalized spacial score (nSPS) is 18.2. The summed E-state index contributed by atoms with van der Waals surface area (Å²) in [6.07, 6.45) is 7.61. The highest BCUT2D eigenvalue weighted by Gasteiger charge is 2.32. The molecule has 0 aliphatic heterocycles. The molecule has 1 fully saturated rings. The number of nitrogens with two attached hydrogens (primary N) is 1. The SMILES string of the molecule is CSC1(CNc2ccc(I)cc2N)CCCC1. The van der Waals surface area contributed by atoms with Gasteiger partial charge in [0.15, 0.2) is 0 Å². The molecule has 4 heteroatoms. The summed E-state index contributed by atoms with van der Waals surface area (Å²) in [5.41, 5.74) is 7.94. The summed E-state index contributed by atoms with van der Waals surface area (Å²) in [6.45, 7) is 1.03. The Morgan fingerprint density at radius 1 is 1.41 bits per heavy atom. The average Bonchev–Trinajstić information content (AvgIpc) is 2.77. The molecule has 0 aromatic heterocycles.